The molecule has 0 saturated carbocycles. The number of carbonyl (C=O) groups is 1. The number of hydrogen-bond donors (Lipinski definition) is 1. The number of aryl methyl sites for hydroxylation is 1. The first-order chi connectivity index (χ1) is 7.58. The summed E-state index contributed by atoms with van der Waals surface area (Å²) in [5.41, 5.74) is 7.31. The molecule has 0 heterocycles. The second-order valence-corrected chi connectivity index (χ2v) is 4.28. The first kappa shape index (κ1) is 11.1. The molecule has 1 aliphatic rings. The lowest BCUT2D eigenvalue weighted by atomic mass is 10.1. The standard InChI is InChI=1S/C12H15FN2O/c1-15(7-12(14)16)11-5-3-8-2-4-9(13)6-10(8)11/h2,4,6,11H,3,5,7H2,1H3,(H2,14,16). The predicted octanol–water partition coefficient (Wildman–Crippen LogP) is 1.23. The van der Waals surface area contributed by atoms with Gasteiger partial charge in [0.1, 0.15) is 5.82 Å². The van der Waals surface area contributed by atoms with E-state index in [1.807, 2.05) is 18.0 Å². The van der Waals surface area contributed by atoms with Crippen molar-refractivity contribution in [2.24, 2.45) is 5.73 Å². The topological polar surface area (TPSA) is 46.3 Å². The molecule has 16 heavy (non-hydrogen) atoms. The Hall–Kier alpha value is -1.42. The van der Waals surface area contributed by atoms with Crippen LogP contribution < -0.4 is 5.73 Å². The van der Waals surface area contributed by atoms with Crippen LogP contribution in [0.4, 0.5) is 4.39 Å². The third kappa shape index (κ3) is 2.07. The molecule has 3 nitrogen and oxygen atoms in total. The zero-order valence-electron chi connectivity index (χ0n) is 9.24. The summed E-state index contributed by atoms with van der Waals surface area (Å²) in [4.78, 5) is 12.7. The van der Waals surface area contributed by atoms with E-state index in [0.717, 1.165) is 18.4 Å². The lowest BCUT2D eigenvalue weighted by Crippen LogP contribution is -2.32. The Balaban J connectivity index is 2.22. The molecule has 1 aromatic rings. The number of carbonyl (C=O) groups excluding carboxylic acids is 1. The normalized spacial score (nSPS) is 18.8. The van der Waals surface area contributed by atoms with Crippen LogP contribution in [0.5, 0.6) is 0 Å². The third-order valence-electron chi connectivity index (χ3n) is 3.09. The molecule has 0 saturated heterocycles. The minimum atomic E-state index is -0.354. The molecule has 2 N–H and O–H groups in total. The summed E-state index contributed by atoms with van der Waals surface area (Å²) >= 11 is 0. The highest BCUT2D eigenvalue weighted by molar-refractivity contribution is 5.76. The van der Waals surface area contributed by atoms with Crippen LogP contribution in [-0.4, -0.2) is 24.4 Å². The molecule has 0 fully saturated rings. The molecule has 4 heteroatoms. The molecule has 0 bridgehead atoms. The maximum Gasteiger partial charge on any atom is 0.231 e. The molecule has 1 amide bonds. The molecule has 0 aromatic heterocycles. The number of hydrogen-bond acceptors (Lipinski definition) is 2. The quantitative estimate of drug-likeness (QED) is 0.836. The number of nitrogens with two attached hydrogens (primary N) is 1. The number of amides is 1. The Morgan fingerprint density at radius 3 is 3.06 bits per heavy atom. The van der Waals surface area contributed by atoms with Gasteiger partial charge in [-0.3, -0.25) is 9.69 Å². The number of likely N-dealkylation sites (N-methyl/N-ethyl adjacent to an activating group) is 1. The van der Waals surface area contributed by atoms with Gasteiger partial charge >= 0.3 is 0 Å². The number of nitrogens with zero attached hydrogens (tertiary/aromatic N) is 1. The highest BCUT2D eigenvalue weighted by Crippen LogP contribution is 2.35. The Morgan fingerprint density at radius 1 is 1.62 bits per heavy atom. The molecule has 0 spiro atoms. The van der Waals surface area contributed by atoms with Gasteiger partial charge in [-0.25, -0.2) is 4.39 Å². The van der Waals surface area contributed by atoms with E-state index in [1.54, 1.807) is 6.07 Å². The van der Waals surface area contributed by atoms with E-state index in [4.69, 9.17) is 5.73 Å². The number of benzene rings is 1. The van der Waals surface area contributed by atoms with Gasteiger partial charge in [0.25, 0.3) is 0 Å². The Morgan fingerprint density at radius 2 is 2.38 bits per heavy atom. The van der Waals surface area contributed by atoms with Crippen molar-refractivity contribution in [3.8, 4) is 0 Å². The average Bonchev–Trinajstić information content (AvgIpc) is 2.59. The molecule has 86 valence electrons. The van der Waals surface area contributed by atoms with Crippen molar-refractivity contribution in [2.45, 2.75) is 18.9 Å². The lowest BCUT2D eigenvalue weighted by Gasteiger charge is -2.23. The highest BCUT2D eigenvalue weighted by atomic mass is 19.1. The molecule has 1 aliphatic carbocycles. The molecule has 1 aromatic carbocycles. The Bertz CT molecular complexity index is 419. The smallest absolute Gasteiger partial charge is 0.231 e. The fraction of sp³-hybridized carbons (Fsp3) is 0.417. The van der Waals surface area contributed by atoms with Gasteiger partial charge in [0, 0.05) is 6.04 Å². The van der Waals surface area contributed by atoms with E-state index in [1.165, 1.54) is 11.6 Å². The summed E-state index contributed by atoms with van der Waals surface area (Å²) in [5, 5.41) is 0. The van der Waals surface area contributed by atoms with Gasteiger partial charge in [0.15, 0.2) is 0 Å². The Labute approximate surface area is 94.0 Å². The molecule has 0 aliphatic heterocycles. The van der Waals surface area contributed by atoms with E-state index in [0.29, 0.717) is 0 Å². The summed E-state index contributed by atoms with van der Waals surface area (Å²) < 4.78 is 13.2. The molecule has 2 rings (SSSR count). The number of fused-ring (bicyclic) bond motifs is 1. The zero-order valence-corrected chi connectivity index (χ0v) is 9.24. The first-order valence-corrected chi connectivity index (χ1v) is 5.35. The van der Waals surface area contributed by atoms with Crippen LogP contribution >= 0.6 is 0 Å². The van der Waals surface area contributed by atoms with E-state index < -0.39 is 0 Å². The fourth-order valence-electron chi connectivity index (χ4n) is 2.37. The van der Waals surface area contributed by atoms with Gasteiger partial charge < -0.3 is 5.73 Å². The van der Waals surface area contributed by atoms with Crippen molar-refractivity contribution in [2.75, 3.05) is 13.6 Å². The molecular weight excluding hydrogens is 207 g/mol. The fourth-order valence-corrected chi connectivity index (χ4v) is 2.37. The summed E-state index contributed by atoms with van der Waals surface area (Å²) in [6, 6.07) is 4.97. The van der Waals surface area contributed by atoms with Gasteiger partial charge in [-0.2, -0.15) is 0 Å². The number of primary amides is 1. The molecule has 0 radical (unpaired) electrons. The zero-order chi connectivity index (χ0) is 11.7. The van der Waals surface area contributed by atoms with Crippen molar-refractivity contribution in [1.29, 1.82) is 0 Å². The van der Waals surface area contributed by atoms with Crippen molar-refractivity contribution >= 4 is 5.91 Å². The molecular formula is C12H15FN2O. The van der Waals surface area contributed by atoms with E-state index in [-0.39, 0.29) is 24.3 Å². The van der Waals surface area contributed by atoms with Crippen LogP contribution in [0, 0.1) is 5.82 Å². The van der Waals surface area contributed by atoms with Gasteiger partial charge in [-0.1, -0.05) is 6.07 Å². The second kappa shape index (κ2) is 4.22. The summed E-state index contributed by atoms with van der Waals surface area (Å²) in [5.74, 6) is -0.578. The number of rotatable bonds is 3. The van der Waals surface area contributed by atoms with Crippen molar-refractivity contribution < 1.29 is 9.18 Å². The van der Waals surface area contributed by atoms with Crippen LogP contribution in [0.2, 0.25) is 0 Å². The third-order valence-corrected chi connectivity index (χ3v) is 3.09. The van der Waals surface area contributed by atoms with Crippen molar-refractivity contribution in [3.05, 3.63) is 35.1 Å². The van der Waals surface area contributed by atoms with Gasteiger partial charge in [-0.05, 0) is 43.1 Å². The lowest BCUT2D eigenvalue weighted by molar-refractivity contribution is -0.119. The van der Waals surface area contributed by atoms with E-state index in [2.05, 4.69) is 0 Å². The first-order valence-electron chi connectivity index (χ1n) is 5.35. The minimum Gasteiger partial charge on any atom is -0.369 e. The summed E-state index contributed by atoms with van der Waals surface area (Å²) in [7, 11) is 1.84. The van der Waals surface area contributed by atoms with Crippen LogP contribution in [0.1, 0.15) is 23.6 Å². The average molecular weight is 222 g/mol. The summed E-state index contributed by atoms with van der Waals surface area (Å²) in [6.45, 7) is 0.209. The molecule has 1 atom stereocenters. The van der Waals surface area contributed by atoms with Crippen molar-refractivity contribution in [1.82, 2.24) is 4.90 Å². The molecule has 1 unspecified atom stereocenters. The maximum atomic E-state index is 13.2. The van der Waals surface area contributed by atoms with Gasteiger partial charge in [0.2, 0.25) is 5.91 Å². The minimum absolute atomic E-state index is 0.109. The maximum absolute atomic E-state index is 13.2. The summed E-state index contributed by atoms with van der Waals surface area (Å²) in [6.07, 6.45) is 1.85. The van der Waals surface area contributed by atoms with Crippen LogP contribution in [0.3, 0.4) is 0 Å². The second-order valence-electron chi connectivity index (χ2n) is 4.28. The van der Waals surface area contributed by atoms with Crippen LogP contribution in [0.15, 0.2) is 18.2 Å². The van der Waals surface area contributed by atoms with Crippen LogP contribution in [-0.2, 0) is 11.2 Å². The van der Waals surface area contributed by atoms with E-state index >= 15 is 0 Å². The van der Waals surface area contributed by atoms with Crippen LogP contribution in [0.25, 0.3) is 0 Å². The highest BCUT2D eigenvalue weighted by Gasteiger charge is 2.26. The van der Waals surface area contributed by atoms with E-state index in [9.17, 15) is 9.18 Å². The number of halogens is 1. The monoisotopic (exact) mass is 222 g/mol. The Kier molecular flexibility index (Phi) is 2.92. The largest absolute Gasteiger partial charge is 0.369 e. The van der Waals surface area contributed by atoms with Crippen molar-refractivity contribution in [3.63, 3.8) is 0 Å². The van der Waals surface area contributed by atoms with Gasteiger partial charge in [-0.15, -0.1) is 0 Å². The SMILES string of the molecule is CN(CC(N)=O)C1CCc2ccc(F)cc21. The van der Waals surface area contributed by atoms with Gasteiger partial charge in [0.05, 0.1) is 6.54 Å². The predicted molar refractivity (Wildman–Crippen MR) is 59.3 cm³/mol.